The van der Waals surface area contributed by atoms with Gasteiger partial charge in [-0.05, 0) is 37.8 Å². The van der Waals surface area contributed by atoms with Gasteiger partial charge in [-0.3, -0.25) is 4.79 Å². The highest BCUT2D eigenvalue weighted by Gasteiger charge is 2.34. The number of halogens is 3. The smallest absolute Gasteiger partial charge is 0.270 e. The predicted octanol–water partition coefficient (Wildman–Crippen LogP) is 2.59. The number of fused-ring (bicyclic) bond motifs is 2. The van der Waals surface area contributed by atoms with Gasteiger partial charge < -0.3 is 10.6 Å². The van der Waals surface area contributed by atoms with E-state index in [2.05, 4.69) is 15.6 Å². The Balaban J connectivity index is 0.000001000. The highest BCUT2D eigenvalue weighted by molar-refractivity contribution is 6.30. The second-order valence-electron chi connectivity index (χ2n) is 5.14. The van der Waals surface area contributed by atoms with Gasteiger partial charge in [-0.15, -0.1) is 24.8 Å². The fourth-order valence-corrected chi connectivity index (χ4v) is 3.06. The van der Waals surface area contributed by atoms with Crippen LogP contribution in [0.1, 0.15) is 36.2 Å². The van der Waals surface area contributed by atoms with E-state index in [9.17, 15) is 4.79 Å². The second kappa shape index (κ2) is 7.46. The van der Waals surface area contributed by atoms with Gasteiger partial charge in [0.05, 0.1) is 5.02 Å². The number of amides is 1. The quantitative estimate of drug-likeness (QED) is 0.871. The minimum atomic E-state index is -0.0991. The summed E-state index contributed by atoms with van der Waals surface area (Å²) in [5.74, 6) is -0.0991. The van der Waals surface area contributed by atoms with Gasteiger partial charge >= 0.3 is 0 Å². The van der Waals surface area contributed by atoms with Crippen molar-refractivity contribution in [1.82, 2.24) is 15.6 Å². The summed E-state index contributed by atoms with van der Waals surface area (Å²) < 4.78 is 0. The van der Waals surface area contributed by atoms with E-state index in [-0.39, 0.29) is 36.8 Å². The minimum absolute atomic E-state index is 0. The molecule has 2 bridgehead atoms. The number of carbonyl (C=O) groups excluding carboxylic acids is 1. The molecule has 2 fully saturated rings. The molecule has 1 amide bonds. The third-order valence-electron chi connectivity index (χ3n) is 3.77. The third-order valence-corrected chi connectivity index (χ3v) is 3.99. The van der Waals surface area contributed by atoms with E-state index < -0.39 is 0 Å². The van der Waals surface area contributed by atoms with Crippen molar-refractivity contribution in [3.63, 3.8) is 0 Å². The molecule has 20 heavy (non-hydrogen) atoms. The molecule has 0 aromatic carbocycles. The van der Waals surface area contributed by atoms with E-state index in [0.29, 0.717) is 22.8 Å². The molecule has 2 N–H and O–H groups in total. The molecule has 2 saturated heterocycles. The van der Waals surface area contributed by atoms with Gasteiger partial charge in [0.2, 0.25) is 0 Å². The first-order valence-corrected chi connectivity index (χ1v) is 6.77. The SMILES string of the molecule is Cl.Cl.O=C(NC1CC2CCC(C1)N2)c1ccc(Cl)cn1. The maximum atomic E-state index is 12.0. The van der Waals surface area contributed by atoms with Gasteiger partial charge in [0.25, 0.3) is 5.91 Å². The maximum absolute atomic E-state index is 12.0. The Morgan fingerprint density at radius 3 is 2.45 bits per heavy atom. The summed E-state index contributed by atoms with van der Waals surface area (Å²) in [5, 5.41) is 7.17. The molecule has 2 aliphatic heterocycles. The fraction of sp³-hybridized carbons (Fsp3) is 0.538. The van der Waals surface area contributed by atoms with Crippen molar-refractivity contribution in [2.45, 2.75) is 43.8 Å². The Bertz CT molecular complexity index is 443. The van der Waals surface area contributed by atoms with E-state index in [1.54, 1.807) is 12.1 Å². The van der Waals surface area contributed by atoms with E-state index in [4.69, 9.17) is 11.6 Å². The van der Waals surface area contributed by atoms with Gasteiger partial charge in [-0.1, -0.05) is 11.6 Å². The standard InChI is InChI=1S/C13H16ClN3O.2ClH/c14-8-1-4-12(15-7-8)13(18)17-11-5-9-2-3-10(6-11)16-9;;/h1,4,7,9-11,16H,2-3,5-6H2,(H,17,18);2*1H. The zero-order chi connectivity index (χ0) is 12.5. The number of aromatic nitrogens is 1. The first kappa shape index (κ1) is 17.5. The minimum Gasteiger partial charge on any atom is -0.348 e. The molecule has 0 radical (unpaired) electrons. The molecule has 2 unspecified atom stereocenters. The lowest BCUT2D eigenvalue weighted by Crippen LogP contribution is -2.48. The van der Waals surface area contributed by atoms with Crippen molar-refractivity contribution in [3.8, 4) is 0 Å². The van der Waals surface area contributed by atoms with Crippen LogP contribution in [0.5, 0.6) is 0 Å². The lowest BCUT2D eigenvalue weighted by Gasteiger charge is -2.29. The second-order valence-corrected chi connectivity index (χ2v) is 5.58. The molecule has 0 saturated carbocycles. The Morgan fingerprint density at radius 1 is 1.25 bits per heavy atom. The van der Waals surface area contributed by atoms with Crippen LogP contribution < -0.4 is 10.6 Å². The first-order chi connectivity index (χ1) is 8.70. The van der Waals surface area contributed by atoms with Crippen LogP contribution in [0, 0.1) is 0 Å². The van der Waals surface area contributed by atoms with Crippen LogP contribution in [0.2, 0.25) is 5.02 Å². The first-order valence-electron chi connectivity index (χ1n) is 6.39. The van der Waals surface area contributed by atoms with Crippen molar-refractivity contribution in [2.75, 3.05) is 0 Å². The Morgan fingerprint density at radius 2 is 1.90 bits per heavy atom. The average molecular weight is 339 g/mol. The number of hydrogen-bond acceptors (Lipinski definition) is 3. The largest absolute Gasteiger partial charge is 0.348 e. The number of carbonyl (C=O) groups is 1. The van der Waals surface area contributed by atoms with Crippen LogP contribution in [0.25, 0.3) is 0 Å². The topological polar surface area (TPSA) is 54.0 Å². The van der Waals surface area contributed by atoms with Gasteiger partial charge in [-0.25, -0.2) is 4.98 Å². The van der Waals surface area contributed by atoms with Gasteiger partial charge in [0.15, 0.2) is 0 Å². The van der Waals surface area contributed by atoms with Crippen LogP contribution >= 0.6 is 36.4 Å². The molecule has 1 aromatic heterocycles. The molecule has 0 aliphatic carbocycles. The van der Waals surface area contributed by atoms with Crippen LogP contribution in [0.3, 0.4) is 0 Å². The molecule has 0 spiro atoms. The lowest BCUT2D eigenvalue weighted by atomic mass is 10.00. The zero-order valence-corrected chi connectivity index (χ0v) is 13.2. The molecule has 1 aromatic rings. The van der Waals surface area contributed by atoms with Crippen molar-refractivity contribution in [2.24, 2.45) is 0 Å². The number of piperidine rings is 1. The van der Waals surface area contributed by atoms with E-state index >= 15 is 0 Å². The molecule has 2 aliphatic rings. The summed E-state index contributed by atoms with van der Waals surface area (Å²) in [7, 11) is 0. The summed E-state index contributed by atoms with van der Waals surface area (Å²) in [5.41, 5.74) is 0.435. The van der Waals surface area contributed by atoms with Crippen LogP contribution in [-0.2, 0) is 0 Å². The van der Waals surface area contributed by atoms with Crippen molar-refractivity contribution < 1.29 is 4.79 Å². The number of nitrogens with zero attached hydrogens (tertiary/aromatic N) is 1. The van der Waals surface area contributed by atoms with E-state index in [0.717, 1.165) is 12.8 Å². The molecule has 7 heteroatoms. The molecular formula is C13H18Cl3N3O. The number of pyridine rings is 1. The maximum Gasteiger partial charge on any atom is 0.270 e. The Labute approximate surface area is 135 Å². The van der Waals surface area contributed by atoms with Crippen LogP contribution in [0.4, 0.5) is 0 Å². The summed E-state index contributed by atoms with van der Waals surface area (Å²) in [6.45, 7) is 0. The fourth-order valence-electron chi connectivity index (χ4n) is 2.94. The highest BCUT2D eigenvalue weighted by Crippen LogP contribution is 2.26. The molecule has 4 nitrogen and oxygen atoms in total. The summed E-state index contributed by atoms with van der Waals surface area (Å²) >= 11 is 5.75. The Hall–Kier alpha value is -0.550. The normalized spacial score (nSPS) is 27.1. The predicted molar refractivity (Wildman–Crippen MR) is 84.2 cm³/mol. The Kier molecular flexibility index (Phi) is 6.52. The van der Waals surface area contributed by atoms with E-state index in [1.165, 1.54) is 19.0 Å². The zero-order valence-electron chi connectivity index (χ0n) is 10.8. The number of hydrogen-bond donors (Lipinski definition) is 2. The number of nitrogens with one attached hydrogen (secondary N) is 2. The van der Waals surface area contributed by atoms with Crippen LogP contribution in [0.15, 0.2) is 18.3 Å². The van der Waals surface area contributed by atoms with Gasteiger partial charge in [-0.2, -0.15) is 0 Å². The van der Waals surface area contributed by atoms with Gasteiger partial charge in [0.1, 0.15) is 5.69 Å². The molecular weight excluding hydrogens is 321 g/mol. The number of rotatable bonds is 2. The third kappa shape index (κ3) is 3.98. The molecule has 3 rings (SSSR count). The molecule has 2 atom stereocenters. The highest BCUT2D eigenvalue weighted by atomic mass is 35.5. The van der Waals surface area contributed by atoms with Crippen LogP contribution in [-0.4, -0.2) is 29.0 Å². The van der Waals surface area contributed by atoms with Crippen molar-refractivity contribution >= 4 is 42.3 Å². The summed E-state index contributed by atoms with van der Waals surface area (Å²) in [6, 6.07) is 4.77. The van der Waals surface area contributed by atoms with E-state index in [1.807, 2.05) is 0 Å². The lowest BCUT2D eigenvalue weighted by molar-refractivity contribution is 0.0919. The van der Waals surface area contributed by atoms with Crippen molar-refractivity contribution in [1.29, 1.82) is 0 Å². The molecule has 112 valence electrons. The molecule has 3 heterocycles. The monoisotopic (exact) mass is 337 g/mol. The van der Waals surface area contributed by atoms with Crippen molar-refractivity contribution in [3.05, 3.63) is 29.0 Å². The summed E-state index contributed by atoms with van der Waals surface area (Å²) in [6.07, 6.45) is 6.01. The summed E-state index contributed by atoms with van der Waals surface area (Å²) in [4.78, 5) is 16.1. The van der Waals surface area contributed by atoms with Gasteiger partial charge in [0, 0.05) is 24.3 Å². The average Bonchev–Trinajstić information content (AvgIpc) is 2.69.